The van der Waals surface area contributed by atoms with E-state index in [9.17, 15) is 4.79 Å². The van der Waals surface area contributed by atoms with Crippen LogP contribution in [0.25, 0.3) is 11.1 Å². The lowest BCUT2D eigenvalue weighted by molar-refractivity contribution is -0.138. The molecule has 1 heterocycles. The molecule has 1 fully saturated rings. The van der Waals surface area contributed by atoms with Crippen LogP contribution in [0, 0.1) is 0 Å². The molecule has 0 bridgehead atoms. The summed E-state index contributed by atoms with van der Waals surface area (Å²) in [4.78, 5) is 15.0. The minimum Gasteiger partial charge on any atom is -0.480 e. The standard InChI is InChI=1S/C21H25ClN2O3/c1-23(15-21(25)26)13-20-14-24(10-11-27-20)12-16-2-4-17(5-3-16)18-6-8-19(22)9-7-18/h2-9,20H,10-15H2,1H3,(H,25,26). The Hall–Kier alpha value is -1.92. The number of rotatable bonds is 7. The lowest BCUT2D eigenvalue weighted by Gasteiger charge is -2.34. The van der Waals surface area contributed by atoms with E-state index >= 15 is 0 Å². The Bertz CT molecular complexity index is 749. The molecule has 1 atom stereocenters. The summed E-state index contributed by atoms with van der Waals surface area (Å²) in [6.07, 6.45) is 0.0384. The number of hydrogen-bond donors (Lipinski definition) is 1. The van der Waals surface area contributed by atoms with Crippen LogP contribution in [0.4, 0.5) is 0 Å². The van der Waals surface area contributed by atoms with Crippen molar-refractivity contribution < 1.29 is 14.6 Å². The van der Waals surface area contributed by atoms with E-state index in [1.807, 2.05) is 31.3 Å². The molecule has 1 unspecified atom stereocenters. The molecule has 2 aromatic carbocycles. The Morgan fingerprint density at radius 3 is 2.44 bits per heavy atom. The maximum absolute atomic E-state index is 10.8. The monoisotopic (exact) mass is 388 g/mol. The van der Waals surface area contributed by atoms with Gasteiger partial charge in [0.1, 0.15) is 0 Å². The van der Waals surface area contributed by atoms with Gasteiger partial charge in [0.05, 0.1) is 19.3 Å². The van der Waals surface area contributed by atoms with Crippen LogP contribution in [0.2, 0.25) is 5.02 Å². The zero-order chi connectivity index (χ0) is 19.2. The summed E-state index contributed by atoms with van der Waals surface area (Å²) < 4.78 is 5.80. The highest BCUT2D eigenvalue weighted by molar-refractivity contribution is 6.30. The van der Waals surface area contributed by atoms with E-state index < -0.39 is 5.97 Å². The van der Waals surface area contributed by atoms with Gasteiger partial charge in [-0.2, -0.15) is 0 Å². The highest BCUT2D eigenvalue weighted by atomic mass is 35.5. The average Bonchev–Trinajstić information content (AvgIpc) is 2.63. The fourth-order valence-corrected chi connectivity index (χ4v) is 3.51. The third kappa shape index (κ3) is 6.04. The van der Waals surface area contributed by atoms with Crippen molar-refractivity contribution in [2.45, 2.75) is 12.6 Å². The molecule has 0 aliphatic carbocycles. The number of ether oxygens (including phenoxy) is 1. The van der Waals surface area contributed by atoms with E-state index in [0.717, 1.165) is 30.2 Å². The highest BCUT2D eigenvalue weighted by Crippen LogP contribution is 2.22. The maximum Gasteiger partial charge on any atom is 0.317 e. The fourth-order valence-electron chi connectivity index (χ4n) is 3.38. The second-order valence-electron chi connectivity index (χ2n) is 7.02. The van der Waals surface area contributed by atoms with Crippen LogP contribution in [0.15, 0.2) is 48.5 Å². The molecule has 5 nitrogen and oxygen atoms in total. The zero-order valence-corrected chi connectivity index (χ0v) is 16.2. The Labute approximate surface area is 165 Å². The minimum atomic E-state index is -0.814. The van der Waals surface area contributed by atoms with Crippen LogP contribution in [0.3, 0.4) is 0 Å². The van der Waals surface area contributed by atoms with Gasteiger partial charge in [-0.05, 0) is 35.9 Å². The normalized spacial score (nSPS) is 18.0. The van der Waals surface area contributed by atoms with Crippen molar-refractivity contribution in [2.75, 3.05) is 39.8 Å². The predicted octanol–water partition coefficient (Wildman–Crippen LogP) is 3.22. The van der Waals surface area contributed by atoms with Gasteiger partial charge in [-0.1, -0.05) is 48.0 Å². The topological polar surface area (TPSA) is 53.0 Å². The molecular weight excluding hydrogens is 364 g/mol. The van der Waals surface area contributed by atoms with Crippen LogP contribution < -0.4 is 0 Å². The Morgan fingerprint density at radius 2 is 1.81 bits per heavy atom. The van der Waals surface area contributed by atoms with Crippen LogP contribution in [-0.2, 0) is 16.1 Å². The third-order valence-electron chi connectivity index (χ3n) is 4.68. The van der Waals surface area contributed by atoms with E-state index in [1.165, 1.54) is 11.1 Å². The van der Waals surface area contributed by atoms with Gasteiger partial charge >= 0.3 is 5.97 Å². The van der Waals surface area contributed by atoms with E-state index in [-0.39, 0.29) is 12.6 Å². The first kappa shape index (κ1) is 19.8. The van der Waals surface area contributed by atoms with Gasteiger partial charge in [-0.3, -0.25) is 14.6 Å². The molecule has 0 aromatic heterocycles. The molecule has 1 saturated heterocycles. The van der Waals surface area contributed by atoms with Gasteiger partial charge in [-0.25, -0.2) is 0 Å². The third-order valence-corrected chi connectivity index (χ3v) is 4.93. The molecule has 2 aromatic rings. The molecule has 0 saturated carbocycles. The largest absolute Gasteiger partial charge is 0.480 e. The van der Waals surface area contributed by atoms with Crippen molar-refractivity contribution in [2.24, 2.45) is 0 Å². The number of aliphatic carboxylic acids is 1. The Kier molecular flexibility index (Phi) is 6.85. The van der Waals surface area contributed by atoms with Crippen molar-refractivity contribution in [1.29, 1.82) is 0 Å². The number of benzene rings is 2. The molecular formula is C21H25ClN2O3. The zero-order valence-electron chi connectivity index (χ0n) is 15.5. The van der Waals surface area contributed by atoms with Gasteiger partial charge < -0.3 is 9.84 Å². The molecule has 1 aliphatic heterocycles. The van der Waals surface area contributed by atoms with Gasteiger partial charge in [-0.15, -0.1) is 0 Å². The summed E-state index contributed by atoms with van der Waals surface area (Å²) in [6.45, 7) is 3.89. The summed E-state index contributed by atoms with van der Waals surface area (Å²) in [5.74, 6) is -0.814. The number of morpholine rings is 1. The van der Waals surface area contributed by atoms with Crippen molar-refractivity contribution in [3.63, 3.8) is 0 Å². The summed E-state index contributed by atoms with van der Waals surface area (Å²) in [6, 6.07) is 16.4. The van der Waals surface area contributed by atoms with E-state index in [4.69, 9.17) is 21.4 Å². The van der Waals surface area contributed by atoms with Crippen molar-refractivity contribution in [1.82, 2.24) is 9.80 Å². The second kappa shape index (κ2) is 9.33. The van der Waals surface area contributed by atoms with E-state index in [0.29, 0.717) is 13.2 Å². The van der Waals surface area contributed by atoms with Gasteiger partial charge in [0.25, 0.3) is 0 Å². The average molecular weight is 389 g/mol. The van der Waals surface area contributed by atoms with Crippen molar-refractivity contribution in [3.8, 4) is 11.1 Å². The number of carbonyl (C=O) groups is 1. The van der Waals surface area contributed by atoms with E-state index in [2.05, 4.69) is 29.2 Å². The second-order valence-corrected chi connectivity index (χ2v) is 7.46. The minimum absolute atomic E-state index is 0.0338. The number of halogens is 1. The molecule has 1 N–H and O–H groups in total. The van der Waals surface area contributed by atoms with Crippen LogP contribution in [-0.4, -0.2) is 66.8 Å². The quantitative estimate of drug-likeness (QED) is 0.789. The number of carboxylic acid groups (broad SMARTS) is 1. The first-order valence-electron chi connectivity index (χ1n) is 9.09. The molecule has 144 valence electrons. The van der Waals surface area contributed by atoms with Crippen molar-refractivity contribution in [3.05, 3.63) is 59.1 Å². The molecule has 27 heavy (non-hydrogen) atoms. The number of nitrogens with zero attached hydrogens (tertiary/aromatic N) is 2. The first-order chi connectivity index (χ1) is 13.0. The van der Waals surface area contributed by atoms with Gasteiger partial charge in [0.2, 0.25) is 0 Å². The number of carboxylic acids is 1. The van der Waals surface area contributed by atoms with Crippen LogP contribution in [0.5, 0.6) is 0 Å². The fraction of sp³-hybridized carbons (Fsp3) is 0.381. The number of likely N-dealkylation sites (N-methyl/N-ethyl adjacent to an activating group) is 1. The molecule has 3 rings (SSSR count). The molecule has 1 aliphatic rings. The van der Waals surface area contributed by atoms with Crippen LogP contribution in [0.1, 0.15) is 5.56 Å². The Morgan fingerprint density at radius 1 is 1.19 bits per heavy atom. The first-order valence-corrected chi connectivity index (χ1v) is 9.46. The summed E-state index contributed by atoms with van der Waals surface area (Å²) in [5, 5.41) is 9.62. The molecule has 0 amide bonds. The SMILES string of the molecule is CN(CC(=O)O)CC1CN(Cc2ccc(-c3ccc(Cl)cc3)cc2)CCO1. The van der Waals surface area contributed by atoms with Crippen LogP contribution >= 0.6 is 11.6 Å². The van der Waals surface area contributed by atoms with E-state index in [1.54, 1.807) is 4.90 Å². The predicted molar refractivity (Wildman–Crippen MR) is 107 cm³/mol. The Balaban J connectivity index is 1.55. The van der Waals surface area contributed by atoms with Crippen molar-refractivity contribution >= 4 is 17.6 Å². The lowest BCUT2D eigenvalue weighted by atomic mass is 10.0. The molecule has 6 heteroatoms. The smallest absolute Gasteiger partial charge is 0.317 e. The summed E-state index contributed by atoms with van der Waals surface area (Å²) in [5.41, 5.74) is 3.58. The summed E-state index contributed by atoms with van der Waals surface area (Å²) in [7, 11) is 1.81. The van der Waals surface area contributed by atoms with Gasteiger partial charge in [0, 0.05) is 31.2 Å². The van der Waals surface area contributed by atoms with Gasteiger partial charge in [0.15, 0.2) is 0 Å². The molecule has 0 spiro atoms. The number of hydrogen-bond acceptors (Lipinski definition) is 4. The lowest BCUT2D eigenvalue weighted by Crippen LogP contribution is -2.47. The molecule has 0 radical (unpaired) electrons. The maximum atomic E-state index is 10.8. The summed E-state index contributed by atoms with van der Waals surface area (Å²) >= 11 is 5.95. The highest BCUT2D eigenvalue weighted by Gasteiger charge is 2.22.